The van der Waals surface area contributed by atoms with Gasteiger partial charge in [0.05, 0.1) is 27.7 Å². The monoisotopic (exact) mass is 486 g/mol. The van der Waals surface area contributed by atoms with Crippen LogP contribution in [0.25, 0.3) is 10.2 Å². The quantitative estimate of drug-likeness (QED) is 0.435. The topological polar surface area (TPSA) is 68.7 Å². The van der Waals surface area contributed by atoms with Crippen molar-refractivity contribution in [3.8, 4) is 5.75 Å². The van der Waals surface area contributed by atoms with E-state index in [2.05, 4.69) is 12.6 Å². The molecule has 0 bridgehead atoms. The summed E-state index contributed by atoms with van der Waals surface area (Å²) in [5.41, 5.74) is 3.21. The van der Waals surface area contributed by atoms with E-state index in [1.165, 1.54) is 11.3 Å². The molecule has 3 atom stereocenters. The molecule has 3 aromatic rings. The fraction of sp³-hybridized carbons (Fsp3) is 0.321. The predicted octanol–water partition coefficient (Wildman–Crippen LogP) is 5.67. The number of hydrogen-bond acceptors (Lipinski definition) is 6. The first-order chi connectivity index (χ1) is 17.0. The Kier molecular flexibility index (Phi) is 5.44. The lowest BCUT2D eigenvalue weighted by Crippen LogP contribution is -2.39. The van der Waals surface area contributed by atoms with Gasteiger partial charge in [0, 0.05) is 0 Å². The predicted molar refractivity (Wildman–Crippen MR) is 136 cm³/mol. The van der Waals surface area contributed by atoms with Crippen molar-refractivity contribution < 1.29 is 19.1 Å². The minimum absolute atomic E-state index is 0.0335. The van der Waals surface area contributed by atoms with E-state index in [0.29, 0.717) is 23.1 Å². The van der Waals surface area contributed by atoms with Gasteiger partial charge in [0.2, 0.25) is 0 Å². The molecule has 178 valence electrons. The lowest BCUT2D eigenvalue weighted by molar-refractivity contribution is -0.131. The van der Waals surface area contributed by atoms with Gasteiger partial charge in [0.1, 0.15) is 18.5 Å². The first-order valence-corrected chi connectivity index (χ1v) is 12.9. The number of thiazole rings is 1. The van der Waals surface area contributed by atoms with E-state index in [1.54, 1.807) is 11.0 Å². The summed E-state index contributed by atoms with van der Waals surface area (Å²) in [7, 11) is 0. The highest BCUT2D eigenvalue weighted by molar-refractivity contribution is 7.22. The number of hydrogen-bond donors (Lipinski definition) is 0. The molecule has 1 saturated carbocycles. The number of amides is 1. The molecule has 6 rings (SSSR count). The summed E-state index contributed by atoms with van der Waals surface area (Å²) in [5.74, 6) is 0.386. The van der Waals surface area contributed by atoms with Crippen molar-refractivity contribution in [3.05, 3.63) is 77.6 Å². The maximum absolute atomic E-state index is 13.9. The molecule has 2 aliphatic heterocycles. The summed E-state index contributed by atoms with van der Waals surface area (Å²) in [6.07, 6.45) is 5.07. The molecule has 1 aliphatic carbocycles. The van der Waals surface area contributed by atoms with Gasteiger partial charge in [-0.05, 0) is 61.6 Å². The van der Waals surface area contributed by atoms with E-state index < -0.39 is 6.04 Å². The van der Waals surface area contributed by atoms with Gasteiger partial charge >= 0.3 is 0 Å². The lowest BCUT2D eigenvalue weighted by atomic mass is 9.77. The summed E-state index contributed by atoms with van der Waals surface area (Å²) in [5, 5.41) is 0.562. The van der Waals surface area contributed by atoms with Crippen molar-refractivity contribution in [3.63, 3.8) is 0 Å². The molecule has 0 N–H and O–H groups in total. The van der Waals surface area contributed by atoms with Crippen LogP contribution in [0.1, 0.15) is 42.9 Å². The van der Waals surface area contributed by atoms with Crippen molar-refractivity contribution in [2.75, 3.05) is 11.5 Å². The molecule has 0 saturated heterocycles. The number of benzene rings is 2. The van der Waals surface area contributed by atoms with Crippen LogP contribution >= 0.6 is 11.3 Å². The second-order valence-corrected chi connectivity index (χ2v) is 10.4. The molecule has 7 heteroatoms. The van der Waals surface area contributed by atoms with Crippen LogP contribution in [0.2, 0.25) is 0 Å². The van der Waals surface area contributed by atoms with Crippen molar-refractivity contribution in [2.24, 2.45) is 5.92 Å². The molecular formula is C28H26N2O4S. The summed E-state index contributed by atoms with van der Waals surface area (Å²) >= 11 is 1.46. The molecule has 3 unspecified atom stereocenters. The zero-order valence-electron chi connectivity index (χ0n) is 19.5. The number of Topliss-reactive ketones (excluding diaryl/α,β-unsaturated/α-hetero) is 1. The third-order valence-electron chi connectivity index (χ3n) is 7.04. The Morgan fingerprint density at radius 1 is 1.20 bits per heavy atom. The molecule has 0 radical (unpaired) electrons. The Morgan fingerprint density at radius 2 is 2.06 bits per heavy atom. The molecule has 6 nitrogen and oxygen atoms in total. The van der Waals surface area contributed by atoms with Crippen LogP contribution in [0.3, 0.4) is 0 Å². The van der Waals surface area contributed by atoms with E-state index in [-0.39, 0.29) is 29.5 Å². The fourth-order valence-electron chi connectivity index (χ4n) is 5.41. The van der Waals surface area contributed by atoms with Gasteiger partial charge in [-0.15, -0.1) is 0 Å². The van der Waals surface area contributed by atoms with Crippen LogP contribution < -0.4 is 9.64 Å². The zero-order valence-corrected chi connectivity index (χ0v) is 20.3. The number of anilines is 1. The van der Waals surface area contributed by atoms with E-state index in [4.69, 9.17) is 14.5 Å². The lowest BCUT2D eigenvalue weighted by Gasteiger charge is -2.35. The smallest absolute Gasteiger partial charge is 0.296 e. The normalized spacial score (nSPS) is 23.8. The highest BCUT2D eigenvalue weighted by Crippen LogP contribution is 2.49. The average Bonchev–Trinajstić information content (AvgIpc) is 3.41. The molecule has 35 heavy (non-hydrogen) atoms. The molecule has 2 aromatic carbocycles. The first-order valence-electron chi connectivity index (χ1n) is 12.0. The maximum Gasteiger partial charge on any atom is 0.296 e. The molecule has 0 spiro atoms. The summed E-state index contributed by atoms with van der Waals surface area (Å²) in [6, 6.07) is 13.0. The number of fused-ring (bicyclic) bond motifs is 2. The Bertz CT molecular complexity index is 1390. The standard InChI is InChI=1S/C28H26N2O4S/c1-3-13-33-18-8-6-7-17(15-18)24-23-25(31)19-9-4-5-10-21(19)34-26(23)27(32)30(24)28-29-20-12-11-16(2)14-22(20)35-28/h3,6-8,11-12,14-15,19,21,24H,1,4-5,9-10,13H2,2H3. The third-order valence-corrected chi connectivity index (χ3v) is 8.06. The first kappa shape index (κ1) is 22.0. The largest absolute Gasteiger partial charge is 0.490 e. The van der Waals surface area contributed by atoms with Gasteiger partial charge in [-0.25, -0.2) is 4.98 Å². The van der Waals surface area contributed by atoms with Crippen LogP contribution in [0.5, 0.6) is 5.75 Å². The summed E-state index contributed by atoms with van der Waals surface area (Å²) in [4.78, 5) is 34.1. The third kappa shape index (κ3) is 3.65. The average molecular weight is 487 g/mol. The van der Waals surface area contributed by atoms with Gasteiger partial charge in [0.15, 0.2) is 16.7 Å². The number of ketones is 1. The Morgan fingerprint density at radius 3 is 2.91 bits per heavy atom. The molecule has 1 fully saturated rings. The van der Waals surface area contributed by atoms with Gasteiger partial charge in [-0.1, -0.05) is 48.6 Å². The fourth-order valence-corrected chi connectivity index (χ4v) is 6.50. The highest BCUT2D eigenvalue weighted by Gasteiger charge is 2.53. The van der Waals surface area contributed by atoms with Gasteiger partial charge in [0.25, 0.3) is 5.91 Å². The SMILES string of the molecule is C=CCOc1cccc(C2C3=C(OC4CCCCC4C3=O)C(=O)N2c2nc3ccc(C)cc3s2)c1. The van der Waals surface area contributed by atoms with E-state index in [0.717, 1.165) is 47.0 Å². The molecule has 1 amide bonds. The highest BCUT2D eigenvalue weighted by atomic mass is 32.1. The number of carbonyl (C=O) groups is 2. The number of nitrogens with zero attached hydrogens (tertiary/aromatic N) is 2. The Labute approximate surface area is 207 Å². The molecule has 3 aliphatic rings. The van der Waals surface area contributed by atoms with Crippen LogP contribution in [0, 0.1) is 12.8 Å². The number of aryl methyl sites for hydroxylation is 1. The Hall–Kier alpha value is -3.45. The van der Waals surface area contributed by atoms with Crippen LogP contribution in [0.15, 0.2) is 66.5 Å². The molecule has 1 aromatic heterocycles. The second-order valence-electron chi connectivity index (χ2n) is 9.37. The molecular weight excluding hydrogens is 460 g/mol. The molecule has 3 heterocycles. The van der Waals surface area contributed by atoms with E-state index >= 15 is 0 Å². The van der Waals surface area contributed by atoms with Crippen molar-refractivity contribution in [1.82, 2.24) is 4.98 Å². The number of rotatable bonds is 5. The number of aromatic nitrogens is 1. The minimum Gasteiger partial charge on any atom is -0.490 e. The van der Waals surface area contributed by atoms with Crippen molar-refractivity contribution in [1.29, 1.82) is 0 Å². The van der Waals surface area contributed by atoms with Crippen LogP contribution in [-0.2, 0) is 14.3 Å². The van der Waals surface area contributed by atoms with Crippen LogP contribution in [0.4, 0.5) is 5.13 Å². The number of carbonyl (C=O) groups excluding carboxylic acids is 2. The van der Waals surface area contributed by atoms with Crippen molar-refractivity contribution >= 4 is 38.4 Å². The minimum atomic E-state index is -0.609. The van der Waals surface area contributed by atoms with Crippen molar-refractivity contribution in [2.45, 2.75) is 44.8 Å². The van der Waals surface area contributed by atoms with Gasteiger partial charge in [-0.2, -0.15) is 0 Å². The summed E-state index contributed by atoms with van der Waals surface area (Å²) in [6.45, 7) is 6.12. The van der Waals surface area contributed by atoms with E-state index in [9.17, 15) is 9.59 Å². The Balaban J connectivity index is 1.49. The second kappa shape index (κ2) is 8.64. The van der Waals surface area contributed by atoms with Crippen LogP contribution in [-0.4, -0.2) is 29.4 Å². The number of ether oxygens (including phenoxy) is 2. The maximum atomic E-state index is 13.9. The zero-order chi connectivity index (χ0) is 24.1. The van der Waals surface area contributed by atoms with Gasteiger partial charge in [-0.3, -0.25) is 14.5 Å². The summed E-state index contributed by atoms with van der Waals surface area (Å²) < 4.78 is 13.1. The van der Waals surface area contributed by atoms with Gasteiger partial charge < -0.3 is 9.47 Å². The van der Waals surface area contributed by atoms with E-state index in [1.807, 2.05) is 43.3 Å².